The number of carbonyl (C=O) groups excluding carboxylic acids is 1. The van der Waals surface area contributed by atoms with E-state index < -0.39 is 0 Å². The van der Waals surface area contributed by atoms with Gasteiger partial charge in [0.25, 0.3) is 0 Å². The fraction of sp³-hybridized carbons (Fsp3) is 0.318. The summed E-state index contributed by atoms with van der Waals surface area (Å²) in [5.41, 5.74) is 2.54. The molecule has 0 aromatic heterocycles. The van der Waals surface area contributed by atoms with Crippen LogP contribution < -0.4 is 4.74 Å². The number of carbonyl (C=O) groups is 1. The monoisotopic (exact) mass is 419 g/mol. The lowest BCUT2D eigenvalue weighted by Gasteiger charge is -2.19. The molecule has 1 aliphatic rings. The second-order valence-electron chi connectivity index (χ2n) is 7.10. The minimum atomic E-state index is -0.198. The maximum Gasteiger partial charge on any atom is 0.232 e. The van der Waals surface area contributed by atoms with Gasteiger partial charge in [-0.15, -0.1) is 0 Å². The van der Waals surface area contributed by atoms with Crippen LogP contribution in [0.4, 0.5) is 0 Å². The highest BCUT2D eigenvalue weighted by molar-refractivity contribution is 6.42. The first-order valence-corrected chi connectivity index (χ1v) is 10.0. The van der Waals surface area contributed by atoms with Crippen molar-refractivity contribution in [1.29, 1.82) is 0 Å². The van der Waals surface area contributed by atoms with Crippen LogP contribution in [-0.4, -0.2) is 29.4 Å². The molecule has 0 saturated carbocycles. The van der Waals surface area contributed by atoms with Gasteiger partial charge in [0.2, 0.25) is 5.78 Å². The first-order chi connectivity index (χ1) is 13.3. The van der Waals surface area contributed by atoms with E-state index in [2.05, 4.69) is 11.8 Å². The van der Waals surface area contributed by atoms with Crippen molar-refractivity contribution in [2.24, 2.45) is 0 Å². The van der Waals surface area contributed by atoms with Gasteiger partial charge in [0.15, 0.2) is 5.76 Å². The first-order valence-electron chi connectivity index (χ1n) is 9.25. The molecule has 0 fully saturated rings. The van der Waals surface area contributed by atoms with E-state index in [0.29, 0.717) is 44.6 Å². The smallest absolute Gasteiger partial charge is 0.232 e. The first kappa shape index (κ1) is 20.7. The molecule has 0 atom stereocenters. The van der Waals surface area contributed by atoms with Crippen molar-refractivity contribution in [2.75, 3.05) is 13.6 Å². The fourth-order valence-electron chi connectivity index (χ4n) is 3.26. The van der Waals surface area contributed by atoms with Crippen molar-refractivity contribution in [1.82, 2.24) is 4.90 Å². The number of aromatic hydroxyl groups is 1. The predicted octanol–water partition coefficient (Wildman–Crippen LogP) is 5.86. The van der Waals surface area contributed by atoms with Crippen LogP contribution in [0, 0.1) is 6.92 Å². The number of unbranched alkanes of at least 4 members (excludes halogenated alkanes) is 1. The molecule has 2 aromatic carbocycles. The van der Waals surface area contributed by atoms with E-state index >= 15 is 0 Å². The highest BCUT2D eigenvalue weighted by Crippen LogP contribution is 2.42. The number of phenolic OH excluding ortho intramolecular Hbond substituents is 1. The second-order valence-corrected chi connectivity index (χ2v) is 7.91. The van der Waals surface area contributed by atoms with Gasteiger partial charge in [0, 0.05) is 6.54 Å². The maximum absolute atomic E-state index is 12.9. The molecule has 3 rings (SSSR count). The molecule has 0 aliphatic carbocycles. The Morgan fingerprint density at radius 2 is 1.96 bits per heavy atom. The summed E-state index contributed by atoms with van der Waals surface area (Å²) >= 11 is 12.0. The number of hydrogen-bond acceptors (Lipinski definition) is 4. The van der Waals surface area contributed by atoms with Gasteiger partial charge >= 0.3 is 0 Å². The van der Waals surface area contributed by atoms with E-state index in [0.717, 1.165) is 19.4 Å². The van der Waals surface area contributed by atoms with E-state index in [9.17, 15) is 9.90 Å². The summed E-state index contributed by atoms with van der Waals surface area (Å²) in [7, 11) is 1.99. The molecule has 28 heavy (non-hydrogen) atoms. The normalized spacial score (nSPS) is 14.6. The number of ether oxygens (including phenoxy) is 1. The summed E-state index contributed by atoms with van der Waals surface area (Å²) in [6, 6.07) is 6.75. The maximum atomic E-state index is 12.9. The molecule has 0 amide bonds. The molecule has 1 aliphatic heterocycles. The van der Waals surface area contributed by atoms with E-state index in [1.807, 2.05) is 7.05 Å². The number of Topliss-reactive ketones (excluding diaryl/α,β-unsaturated/α-hetero) is 1. The lowest BCUT2D eigenvalue weighted by atomic mass is 9.99. The topological polar surface area (TPSA) is 49.8 Å². The van der Waals surface area contributed by atoms with Gasteiger partial charge in [-0.3, -0.25) is 4.79 Å². The van der Waals surface area contributed by atoms with Crippen LogP contribution in [0.5, 0.6) is 11.5 Å². The van der Waals surface area contributed by atoms with Crippen LogP contribution in [0.2, 0.25) is 10.0 Å². The zero-order valence-electron chi connectivity index (χ0n) is 16.2. The Morgan fingerprint density at radius 1 is 1.21 bits per heavy atom. The second kappa shape index (κ2) is 8.56. The molecule has 148 valence electrons. The number of fused-ring (bicyclic) bond motifs is 1. The van der Waals surface area contributed by atoms with Gasteiger partial charge in [0.1, 0.15) is 11.5 Å². The SMILES string of the molecule is CCCCN(C)Cc1c(O)cc(C)c2c1O/C(=C\c1ccc(Cl)c(Cl)c1)C2=O. The third-order valence-corrected chi connectivity index (χ3v) is 5.52. The molecule has 0 unspecified atom stereocenters. The Morgan fingerprint density at radius 3 is 2.64 bits per heavy atom. The molecular weight excluding hydrogens is 397 g/mol. The van der Waals surface area contributed by atoms with Crippen LogP contribution in [0.3, 0.4) is 0 Å². The third kappa shape index (κ3) is 4.19. The van der Waals surface area contributed by atoms with Gasteiger partial charge in [-0.25, -0.2) is 0 Å². The fourth-order valence-corrected chi connectivity index (χ4v) is 3.57. The number of hydrogen-bond donors (Lipinski definition) is 1. The summed E-state index contributed by atoms with van der Waals surface area (Å²) in [6.45, 7) is 5.34. The highest BCUT2D eigenvalue weighted by atomic mass is 35.5. The van der Waals surface area contributed by atoms with Gasteiger partial charge in [-0.1, -0.05) is 42.6 Å². The number of phenols is 1. The minimum Gasteiger partial charge on any atom is -0.507 e. The molecule has 6 heteroatoms. The molecule has 1 heterocycles. The summed E-state index contributed by atoms with van der Waals surface area (Å²) in [6.07, 6.45) is 3.80. The Bertz CT molecular complexity index is 953. The summed E-state index contributed by atoms with van der Waals surface area (Å²) in [4.78, 5) is 15.1. The van der Waals surface area contributed by atoms with Gasteiger partial charge in [0.05, 0.1) is 21.2 Å². The predicted molar refractivity (Wildman–Crippen MR) is 113 cm³/mol. The van der Waals surface area contributed by atoms with E-state index in [1.165, 1.54) is 0 Å². The Hall–Kier alpha value is -2.01. The highest BCUT2D eigenvalue weighted by Gasteiger charge is 2.33. The number of rotatable bonds is 6. The average molecular weight is 420 g/mol. The van der Waals surface area contributed by atoms with E-state index in [4.69, 9.17) is 27.9 Å². The van der Waals surface area contributed by atoms with Crippen LogP contribution in [0.15, 0.2) is 30.0 Å². The van der Waals surface area contributed by atoms with Crippen molar-refractivity contribution < 1.29 is 14.6 Å². The third-order valence-electron chi connectivity index (χ3n) is 4.78. The molecule has 0 saturated heterocycles. The summed E-state index contributed by atoms with van der Waals surface area (Å²) < 4.78 is 5.94. The van der Waals surface area contributed by atoms with E-state index in [1.54, 1.807) is 37.3 Å². The number of benzene rings is 2. The Labute approximate surface area is 175 Å². The quantitative estimate of drug-likeness (QED) is 0.595. The lowest BCUT2D eigenvalue weighted by molar-refractivity contribution is 0.101. The number of halogens is 2. The molecular formula is C22H23Cl2NO3. The standard InChI is InChI=1S/C22H23Cl2NO3/c1-4-5-8-25(3)12-15-18(26)9-13(2)20-21(27)19(28-22(15)20)11-14-6-7-16(23)17(24)10-14/h6-7,9-11,26H,4-5,8,12H2,1-3H3/b19-11-. The average Bonchev–Trinajstić information content (AvgIpc) is 2.96. The largest absolute Gasteiger partial charge is 0.507 e. The zero-order chi connectivity index (χ0) is 20.4. The van der Waals surface area contributed by atoms with Gasteiger partial charge in [-0.2, -0.15) is 0 Å². The molecule has 4 nitrogen and oxygen atoms in total. The number of ketones is 1. The number of allylic oxidation sites excluding steroid dienone is 1. The van der Waals surface area contributed by atoms with Crippen molar-refractivity contribution in [2.45, 2.75) is 33.2 Å². The molecule has 2 aromatic rings. The molecule has 1 N–H and O–H groups in total. The van der Waals surface area contributed by atoms with Crippen molar-refractivity contribution in [3.05, 3.63) is 62.3 Å². The number of aryl methyl sites for hydroxylation is 1. The van der Waals surface area contributed by atoms with Crippen molar-refractivity contribution >= 4 is 35.1 Å². The lowest BCUT2D eigenvalue weighted by Crippen LogP contribution is -2.19. The van der Waals surface area contributed by atoms with E-state index in [-0.39, 0.29) is 17.3 Å². The van der Waals surface area contributed by atoms with Gasteiger partial charge < -0.3 is 14.7 Å². The Balaban J connectivity index is 1.97. The zero-order valence-corrected chi connectivity index (χ0v) is 17.7. The molecule has 0 bridgehead atoms. The van der Waals surface area contributed by atoms with Crippen molar-refractivity contribution in [3.63, 3.8) is 0 Å². The molecule has 0 spiro atoms. The van der Waals surface area contributed by atoms with Crippen LogP contribution in [-0.2, 0) is 6.54 Å². The summed E-state index contributed by atoms with van der Waals surface area (Å²) in [5, 5.41) is 11.3. The van der Waals surface area contributed by atoms with Crippen molar-refractivity contribution in [3.8, 4) is 11.5 Å². The van der Waals surface area contributed by atoms with Gasteiger partial charge in [-0.05, 0) is 62.3 Å². The number of nitrogens with zero attached hydrogens (tertiary/aromatic N) is 1. The Kier molecular flexibility index (Phi) is 6.33. The molecule has 0 radical (unpaired) electrons. The van der Waals surface area contributed by atoms with Crippen LogP contribution >= 0.6 is 23.2 Å². The van der Waals surface area contributed by atoms with Crippen LogP contribution in [0.1, 0.15) is 46.8 Å². The van der Waals surface area contributed by atoms with Crippen LogP contribution in [0.25, 0.3) is 6.08 Å². The summed E-state index contributed by atoms with van der Waals surface area (Å²) in [5.74, 6) is 0.593. The minimum absolute atomic E-state index is 0.142.